The number of carbonyl (C=O) groups excluding carboxylic acids is 2. The molecule has 0 N–H and O–H groups in total. The highest BCUT2D eigenvalue weighted by atomic mass is 19.1. The third-order valence-corrected chi connectivity index (χ3v) is 4.75. The summed E-state index contributed by atoms with van der Waals surface area (Å²) >= 11 is 0. The quantitative estimate of drug-likeness (QED) is 0.586. The van der Waals surface area contributed by atoms with Crippen molar-refractivity contribution < 1.29 is 14.0 Å². The van der Waals surface area contributed by atoms with E-state index in [1.165, 1.54) is 11.0 Å². The summed E-state index contributed by atoms with van der Waals surface area (Å²) in [5.74, 6) is -1.44. The molecule has 0 bridgehead atoms. The van der Waals surface area contributed by atoms with E-state index in [0.29, 0.717) is 11.1 Å². The second kappa shape index (κ2) is 7.02. The Kier molecular flexibility index (Phi) is 4.94. The van der Waals surface area contributed by atoms with Crippen LogP contribution in [0, 0.1) is 5.82 Å². The summed E-state index contributed by atoms with van der Waals surface area (Å²) < 4.78 is 14.0. The van der Waals surface area contributed by atoms with Crippen molar-refractivity contribution in [1.82, 2.24) is 4.90 Å². The fraction of sp³-hybridized carbons (Fsp3) is 0.364. The van der Waals surface area contributed by atoms with Gasteiger partial charge in [-0.2, -0.15) is 0 Å². The van der Waals surface area contributed by atoms with Crippen LogP contribution in [0.25, 0.3) is 0 Å². The van der Waals surface area contributed by atoms with Crippen LogP contribution in [0.1, 0.15) is 55.1 Å². The van der Waals surface area contributed by atoms with E-state index in [-0.39, 0.29) is 23.8 Å². The molecule has 0 aromatic heterocycles. The second-order valence-corrected chi connectivity index (χ2v) is 7.91. The maximum atomic E-state index is 14.0. The Morgan fingerprint density at radius 2 is 1.65 bits per heavy atom. The summed E-state index contributed by atoms with van der Waals surface area (Å²) in [4.78, 5) is 27.0. The van der Waals surface area contributed by atoms with E-state index in [9.17, 15) is 14.0 Å². The van der Waals surface area contributed by atoms with E-state index >= 15 is 0 Å². The van der Waals surface area contributed by atoms with Crippen molar-refractivity contribution in [3.63, 3.8) is 0 Å². The zero-order valence-corrected chi connectivity index (χ0v) is 15.5. The molecule has 1 saturated carbocycles. The number of rotatable bonds is 5. The van der Waals surface area contributed by atoms with Crippen molar-refractivity contribution in [2.24, 2.45) is 0 Å². The van der Waals surface area contributed by atoms with Crippen LogP contribution in [-0.4, -0.2) is 22.6 Å². The number of hydrogen-bond acceptors (Lipinski definition) is 2. The van der Waals surface area contributed by atoms with Gasteiger partial charge in [-0.05, 0) is 29.9 Å². The molecule has 0 spiro atoms. The standard InChI is InChI=1S/C22H24FNO2/c1-22(2,3)17-10-8-15(9-11-17)20(25)21(26)24(18-12-13-18)14-16-6-4-5-7-19(16)23/h4-11,18H,12-14H2,1-3H3. The lowest BCUT2D eigenvalue weighted by Gasteiger charge is -2.22. The van der Waals surface area contributed by atoms with Gasteiger partial charge in [-0.15, -0.1) is 0 Å². The van der Waals surface area contributed by atoms with Crippen molar-refractivity contribution in [3.8, 4) is 0 Å². The van der Waals surface area contributed by atoms with Crippen LogP contribution < -0.4 is 0 Å². The highest BCUT2D eigenvalue weighted by Gasteiger charge is 2.36. The first-order valence-electron chi connectivity index (χ1n) is 8.96. The number of Topliss-reactive ketones (excluding diaryl/α,β-unsaturated/α-hetero) is 1. The lowest BCUT2D eigenvalue weighted by molar-refractivity contribution is -0.127. The van der Waals surface area contributed by atoms with E-state index in [2.05, 4.69) is 20.8 Å². The molecule has 4 heteroatoms. The maximum Gasteiger partial charge on any atom is 0.295 e. The number of nitrogens with zero attached hydrogens (tertiary/aromatic N) is 1. The molecule has 0 radical (unpaired) electrons. The minimum absolute atomic E-state index is 0.0174. The first kappa shape index (κ1) is 18.3. The Morgan fingerprint density at radius 3 is 2.19 bits per heavy atom. The fourth-order valence-electron chi connectivity index (χ4n) is 2.94. The average molecular weight is 353 g/mol. The highest BCUT2D eigenvalue weighted by molar-refractivity contribution is 6.42. The van der Waals surface area contributed by atoms with E-state index < -0.39 is 11.7 Å². The van der Waals surface area contributed by atoms with Gasteiger partial charge in [-0.25, -0.2) is 4.39 Å². The van der Waals surface area contributed by atoms with Gasteiger partial charge < -0.3 is 4.90 Å². The number of hydrogen-bond donors (Lipinski definition) is 0. The molecule has 3 nitrogen and oxygen atoms in total. The van der Waals surface area contributed by atoms with E-state index in [4.69, 9.17) is 0 Å². The first-order chi connectivity index (χ1) is 12.3. The third-order valence-electron chi connectivity index (χ3n) is 4.75. The number of ketones is 1. The largest absolute Gasteiger partial charge is 0.328 e. The summed E-state index contributed by atoms with van der Waals surface area (Å²) in [5, 5.41) is 0. The Bertz CT molecular complexity index is 817. The first-order valence-corrected chi connectivity index (χ1v) is 8.96. The summed E-state index contributed by atoms with van der Waals surface area (Å²) in [6, 6.07) is 13.6. The molecule has 1 aliphatic rings. The molecule has 2 aromatic carbocycles. The summed E-state index contributed by atoms with van der Waals surface area (Å²) in [6.07, 6.45) is 1.72. The monoisotopic (exact) mass is 353 g/mol. The van der Waals surface area contributed by atoms with Crippen LogP contribution >= 0.6 is 0 Å². The van der Waals surface area contributed by atoms with Gasteiger partial charge in [0.2, 0.25) is 5.78 Å². The van der Waals surface area contributed by atoms with Crippen LogP contribution in [0.2, 0.25) is 0 Å². The van der Waals surface area contributed by atoms with Crippen molar-refractivity contribution >= 4 is 11.7 Å². The van der Waals surface area contributed by atoms with Crippen molar-refractivity contribution in [1.29, 1.82) is 0 Å². The smallest absolute Gasteiger partial charge is 0.295 e. The van der Waals surface area contributed by atoms with Crippen LogP contribution in [0.5, 0.6) is 0 Å². The molecule has 1 amide bonds. The average Bonchev–Trinajstić information content (AvgIpc) is 3.44. The molecule has 0 saturated heterocycles. The lowest BCUT2D eigenvalue weighted by atomic mass is 9.86. The molecule has 1 fully saturated rings. The normalized spacial score (nSPS) is 14.2. The Balaban J connectivity index is 1.79. The molecule has 0 atom stereocenters. The topological polar surface area (TPSA) is 37.4 Å². The minimum Gasteiger partial charge on any atom is -0.328 e. The predicted octanol–water partition coefficient (Wildman–Crippen LogP) is 4.50. The minimum atomic E-state index is -0.556. The summed E-state index contributed by atoms with van der Waals surface area (Å²) in [7, 11) is 0. The zero-order chi connectivity index (χ0) is 18.9. The van der Waals surface area contributed by atoms with Crippen LogP contribution in [0.15, 0.2) is 48.5 Å². The van der Waals surface area contributed by atoms with Gasteiger partial charge in [-0.1, -0.05) is 63.2 Å². The number of halogens is 1. The predicted molar refractivity (Wildman–Crippen MR) is 99.4 cm³/mol. The van der Waals surface area contributed by atoms with Crippen molar-refractivity contribution in [3.05, 3.63) is 71.0 Å². The van der Waals surface area contributed by atoms with Crippen molar-refractivity contribution in [2.75, 3.05) is 0 Å². The molecule has 2 aromatic rings. The fourth-order valence-corrected chi connectivity index (χ4v) is 2.94. The van der Waals surface area contributed by atoms with Gasteiger partial charge in [0.15, 0.2) is 0 Å². The molecule has 0 unspecified atom stereocenters. The number of benzene rings is 2. The van der Waals surface area contributed by atoms with Crippen LogP contribution in [-0.2, 0) is 16.8 Å². The van der Waals surface area contributed by atoms with Gasteiger partial charge in [0.1, 0.15) is 5.82 Å². The second-order valence-electron chi connectivity index (χ2n) is 7.91. The van der Waals surface area contributed by atoms with E-state index in [0.717, 1.165) is 18.4 Å². The van der Waals surface area contributed by atoms with Gasteiger partial charge in [-0.3, -0.25) is 9.59 Å². The lowest BCUT2D eigenvalue weighted by Crippen LogP contribution is -2.38. The maximum absolute atomic E-state index is 14.0. The molecule has 3 rings (SSSR count). The summed E-state index contributed by atoms with van der Waals surface area (Å²) in [5.41, 5.74) is 1.90. The van der Waals surface area contributed by atoms with Gasteiger partial charge >= 0.3 is 0 Å². The Morgan fingerprint density at radius 1 is 1.04 bits per heavy atom. The van der Waals surface area contributed by atoms with E-state index in [1.54, 1.807) is 30.3 Å². The van der Waals surface area contributed by atoms with E-state index in [1.807, 2.05) is 12.1 Å². The van der Waals surface area contributed by atoms with Gasteiger partial charge in [0, 0.05) is 23.7 Å². The molecular formula is C22H24FNO2. The van der Waals surface area contributed by atoms with Crippen molar-refractivity contribution in [2.45, 2.75) is 51.6 Å². The summed E-state index contributed by atoms with van der Waals surface area (Å²) in [6.45, 7) is 6.41. The number of carbonyl (C=O) groups is 2. The SMILES string of the molecule is CC(C)(C)c1ccc(C(=O)C(=O)N(Cc2ccccc2F)C2CC2)cc1. The molecule has 0 heterocycles. The van der Waals surface area contributed by atoms with Gasteiger partial charge in [0.25, 0.3) is 5.91 Å². The van der Waals surface area contributed by atoms with Crippen LogP contribution in [0.4, 0.5) is 4.39 Å². The molecule has 1 aliphatic carbocycles. The zero-order valence-electron chi connectivity index (χ0n) is 15.5. The van der Waals surface area contributed by atoms with Gasteiger partial charge in [0.05, 0.1) is 0 Å². The highest BCUT2D eigenvalue weighted by Crippen LogP contribution is 2.30. The third kappa shape index (κ3) is 4.01. The Hall–Kier alpha value is -2.49. The molecule has 136 valence electrons. The molecular weight excluding hydrogens is 329 g/mol. The molecule has 26 heavy (non-hydrogen) atoms. The van der Waals surface area contributed by atoms with Crippen LogP contribution in [0.3, 0.4) is 0 Å². The number of amides is 1. The Labute approximate surface area is 153 Å². The molecule has 0 aliphatic heterocycles.